The molecular weight excluding hydrogens is 421 g/mol. The Morgan fingerprint density at radius 3 is 2.61 bits per heavy atom. The Bertz CT molecular complexity index is 1230. The molecule has 2 aromatic carbocycles. The first-order valence-corrected chi connectivity index (χ1v) is 10.4. The van der Waals surface area contributed by atoms with E-state index in [-0.39, 0.29) is 24.0 Å². The summed E-state index contributed by atoms with van der Waals surface area (Å²) in [6, 6.07) is 17.1. The first-order chi connectivity index (χ1) is 16.0. The highest BCUT2D eigenvalue weighted by atomic mass is 19.1. The SMILES string of the molecule is CN(Cc1cccc(-n2cccn2)c1)c1ncnc(NCc2ccc(CC(N)=O)cc2)c1F. The molecule has 0 saturated carbocycles. The fourth-order valence-electron chi connectivity index (χ4n) is 3.48. The third kappa shape index (κ3) is 5.51. The molecule has 9 heteroatoms. The summed E-state index contributed by atoms with van der Waals surface area (Å²) < 4.78 is 16.9. The Labute approximate surface area is 190 Å². The molecule has 0 saturated heterocycles. The Morgan fingerprint density at radius 2 is 1.88 bits per heavy atom. The largest absolute Gasteiger partial charge is 0.369 e. The molecule has 4 aromatic rings. The van der Waals surface area contributed by atoms with Crippen LogP contribution in [0.1, 0.15) is 16.7 Å². The number of nitrogens with two attached hydrogens (primary N) is 1. The van der Waals surface area contributed by atoms with E-state index in [4.69, 9.17) is 5.73 Å². The van der Waals surface area contributed by atoms with Gasteiger partial charge in [0.2, 0.25) is 11.7 Å². The lowest BCUT2D eigenvalue weighted by atomic mass is 10.1. The van der Waals surface area contributed by atoms with E-state index in [1.807, 2.05) is 60.8 Å². The van der Waals surface area contributed by atoms with Crippen molar-refractivity contribution in [2.24, 2.45) is 5.73 Å². The van der Waals surface area contributed by atoms with Gasteiger partial charge in [-0.2, -0.15) is 9.49 Å². The van der Waals surface area contributed by atoms with E-state index in [2.05, 4.69) is 20.4 Å². The number of anilines is 2. The summed E-state index contributed by atoms with van der Waals surface area (Å²) in [6.07, 6.45) is 5.12. The van der Waals surface area contributed by atoms with Gasteiger partial charge < -0.3 is 16.0 Å². The molecule has 33 heavy (non-hydrogen) atoms. The summed E-state index contributed by atoms with van der Waals surface area (Å²) in [6.45, 7) is 0.837. The second kappa shape index (κ2) is 9.90. The standard InChI is InChI=1S/C24H24FN7O/c1-31(15-19-4-2-5-20(12-19)32-11-3-10-30-32)24-22(25)23(28-16-29-24)27-14-18-8-6-17(7-9-18)13-21(26)33/h2-12,16H,13-15H2,1H3,(H2,26,33)(H,27,28,29). The number of nitrogens with one attached hydrogen (secondary N) is 1. The summed E-state index contributed by atoms with van der Waals surface area (Å²) in [5.41, 5.74) is 8.90. The van der Waals surface area contributed by atoms with Gasteiger partial charge in [0.05, 0.1) is 12.1 Å². The van der Waals surface area contributed by atoms with Gasteiger partial charge in [-0.05, 0) is 34.9 Å². The van der Waals surface area contributed by atoms with Gasteiger partial charge in [0.25, 0.3) is 0 Å². The van der Waals surface area contributed by atoms with Crippen LogP contribution < -0.4 is 16.0 Å². The number of carbonyl (C=O) groups is 1. The fraction of sp³-hybridized carbons (Fsp3) is 0.167. The second-order valence-corrected chi connectivity index (χ2v) is 7.65. The molecule has 0 spiro atoms. The van der Waals surface area contributed by atoms with Crippen molar-refractivity contribution in [3.63, 3.8) is 0 Å². The number of benzene rings is 2. The van der Waals surface area contributed by atoms with Crippen LogP contribution in [0.2, 0.25) is 0 Å². The zero-order valence-electron chi connectivity index (χ0n) is 18.1. The van der Waals surface area contributed by atoms with Gasteiger partial charge in [-0.3, -0.25) is 4.79 Å². The zero-order chi connectivity index (χ0) is 23.2. The third-order valence-electron chi connectivity index (χ3n) is 5.09. The highest BCUT2D eigenvalue weighted by Crippen LogP contribution is 2.23. The predicted octanol–water partition coefficient (Wildman–Crippen LogP) is 3.08. The van der Waals surface area contributed by atoms with Gasteiger partial charge in [0.1, 0.15) is 6.33 Å². The molecule has 0 atom stereocenters. The van der Waals surface area contributed by atoms with E-state index in [0.29, 0.717) is 13.1 Å². The topological polar surface area (TPSA) is 102 Å². The van der Waals surface area contributed by atoms with Crippen LogP contribution in [0.25, 0.3) is 5.69 Å². The molecule has 0 radical (unpaired) electrons. The van der Waals surface area contributed by atoms with Crippen LogP contribution in [-0.2, 0) is 24.3 Å². The Morgan fingerprint density at radius 1 is 1.09 bits per heavy atom. The number of primary amides is 1. The maximum atomic E-state index is 15.1. The van der Waals surface area contributed by atoms with Crippen molar-refractivity contribution in [2.45, 2.75) is 19.5 Å². The molecule has 3 N–H and O–H groups in total. The first kappa shape index (κ1) is 21.9. The van der Waals surface area contributed by atoms with Crippen LogP contribution in [0.15, 0.2) is 73.3 Å². The lowest BCUT2D eigenvalue weighted by molar-refractivity contribution is -0.117. The molecule has 1 amide bonds. The summed E-state index contributed by atoms with van der Waals surface area (Å²) >= 11 is 0. The highest BCUT2D eigenvalue weighted by Gasteiger charge is 2.15. The van der Waals surface area contributed by atoms with E-state index in [1.54, 1.807) is 22.8 Å². The number of rotatable bonds is 9. The zero-order valence-corrected chi connectivity index (χ0v) is 18.1. The normalized spacial score (nSPS) is 10.7. The van der Waals surface area contributed by atoms with Gasteiger partial charge in [0.15, 0.2) is 11.6 Å². The van der Waals surface area contributed by atoms with Gasteiger partial charge in [-0.15, -0.1) is 0 Å². The van der Waals surface area contributed by atoms with Crippen LogP contribution in [0.3, 0.4) is 0 Å². The van der Waals surface area contributed by atoms with E-state index in [0.717, 1.165) is 22.4 Å². The Hall–Kier alpha value is -4.27. The lowest BCUT2D eigenvalue weighted by Crippen LogP contribution is -2.20. The molecule has 0 fully saturated rings. The van der Waals surface area contributed by atoms with Crippen LogP contribution in [0, 0.1) is 5.82 Å². The Balaban J connectivity index is 1.43. The lowest BCUT2D eigenvalue weighted by Gasteiger charge is -2.20. The minimum absolute atomic E-state index is 0.123. The molecule has 0 aliphatic carbocycles. The van der Waals surface area contributed by atoms with Crippen molar-refractivity contribution in [3.05, 3.63) is 95.8 Å². The predicted molar refractivity (Wildman–Crippen MR) is 124 cm³/mol. The average Bonchev–Trinajstić information content (AvgIpc) is 3.34. The monoisotopic (exact) mass is 445 g/mol. The summed E-state index contributed by atoms with van der Waals surface area (Å²) in [5.74, 6) is -0.575. The van der Waals surface area contributed by atoms with E-state index < -0.39 is 5.82 Å². The molecule has 0 bridgehead atoms. The maximum absolute atomic E-state index is 15.1. The molecule has 4 rings (SSSR count). The van der Waals surface area contributed by atoms with Gasteiger partial charge in [0, 0.05) is 32.5 Å². The van der Waals surface area contributed by atoms with Gasteiger partial charge in [-0.25, -0.2) is 14.6 Å². The smallest absolute Gasteiger partial charge is 0.221 e. The molecule has 168 valence electrons. The van der Waals surface area contributed by atoms with Crippen molar-refractivity contribution < 1.29 is 9.18 Å². The Kier molecular flexibility index (Phi) is 6.58. The third-order valence-corrected chi connectivity index (χ3v) is 5.09. The van der Waals surface area contributed by atoms with Crippen molar-refractivity contribution >= 4 is 17.5 Å². The molecule has 2 aromatic heterocycles. The number of nitrogens with zero attached hydrogens (tertiary/aromatic N) is 5. The summed E-state index contributed by atoms with van der Waals surface area (Å²) in [7, 11) is 1.78. The van der Waals surface area contributed by atoms with E-state index >= 15 is 4.39 Å². The summed E-state index contributed by atoms with van der Waals surface area (Å²) in [5, 5.41) is 7.27. The van der Waals surface area contributed by atoms with Gasteiger partial charge in [-0.1, -0.05) is 36.4 Å². The van der Waals surface area contributed by atoms with Crippen molar-refractivity contribution in [3.8, 4) is 5.69 Å². The van der Waals surface area contributed by atoms with Crippen LogP contribution in [0.5, 0.6) is 0 Å². The number of hydrogen-bond acceptors (Lipinski definition) is 6. The minimum Gasteiger partial charge on any atom is -0.369 e. The molecule has 0 aliphatic rings. The second-order valence-electron chi connectivity index (χ2n) is 7.65. The number of amides is 1. The molecule has 8 nitrogen and oxygen atoms in total. The molecule has 2 heterocycles. The average molecular weight is 446 g/mol. The van der Waals surface area contributed by atoms with Crippen LogP contribution >= 0.6 is 0 Å². The molecular formula is C24H24FN7O. The fourth-order valence-corrected chi connectivity index (χ4v) is 3.48. The molecule has 0 unspecified atom stereocenters. The number of aromatic nitrogens is 4. The first-order valence-electron chi connectivity index (χ1n) is 10.4. The number of hydrogen-bond donors (Lipinski definition) is 2. The molecule has 0 aliphatic heterocycles. The quantitative estimate of drug-likeness (QED) is 0.411. The summed E-state index contributed by atoms with van der Waals surface area (Å²) in [4.78, 5) is 21.0. The van der Waals surface area contributed by atoms with Crippen molar-refractivity contribution in [2.75, 3.05) is 17.3 Å². The van der Waals surface area contributed by atoms with E-state index in [9.17, 15) is 4.79 Å². The van der Waals surface area contributed by atoms with Crippen LogP contribution in [-0.4, -0.2) is 32.7 Å². The van der Waals surface area contributed by atoms with E-state index in [1.165, 1.54) is 6.33 Å². The van der Waals surface area contributed by atoms with Crippen molar-refractivity contribution in [1.29, 1.82) is 0 Å². The van der Waals surface area contributed by atoms with Crippen LogP contribution in [0.4, 0.5) is 16.0 Å². The maximum Gasteiger partial charge on any atom is 0.221 e. The number of halogens is 1. The van der Waals surface area contributed by atoms with Crippen molar-refractivity contribution in [1.82, 2.24) is 19.7 Å². The minimum atomic E-state index is -0.520. The number of carbonyl (C=O) groups excluding carboxylic acids is 1. The van der Waals surface area contributed by atoms with Gasteiger partial charge >= 0.3 is 0 Å². The highest BCUT2D eigenvalue weighted by molar-refractivity contribution is 5.76.